The Morgan fingerprint density at radius 2 is 0.487 bits per heavy atom. The number of phosphoric acid groups is 1. The van der Waals surface area contributed by atoms with Gasteiger partial charge in [-0.15, -0.1) is 0 Å². The molecule has 6 rings (SSSR count). The van der Waals surface area contributed by atoms with Crippen LogP contribution in [0.1, 0.15) is 115 Å². The molecule has 11 heteroatoms. The van der Waals surface area contributed by atoms with E-state index in [9.17, 15) is 4.57 Å². The largest absolute Gasteiger partial charge is 0.474 e. The molecule has 3 atom stereocenters. The highest BCUT2D eigenvalue weighted by atomic mass is 31.2. The minimum Gasteiger partial charge on any atom is -0.416 e. The van der Waals surface area contributed by atoms with Gasteiger partial charge in [-0.25, -0.2) is 4.57 Å². The van der Waals surface area contributed by atoms with E-state index in [0.29, 0.717) is 55.7 Å². The summed E-state index contributed by atoms with van der Waals surface area (Å²) in [5, 5.41) is -0.173. The first-order valence-corrected chi connectivity index (χ1v) is 38.6. The van der Waals surface area contributed by atoms with Crippen molar-refractivity contribution in [2.75, 3.05) is 39.6 Å². The molecule has 6 aromatic rings. The monoisotopic (exact) mass is 1150 g/mol. The lowest BCUT2D eigenvalue weighted by atomic mass is 10.0. The van der Waals surface area contributed by atoms with E-state index in [0.717, 1.165) is 38.5 Å². The van der Waals surface area contributed by atoms with Gasteiger partial charge in [0.25, 0.3) is 0 Å². The third-order valence-electron chi connectivity index (χ3n) is 17.6. The van der Waals surface area contributed by atoms with Gasteiger partial charge >= 0.3 is 7.82 Å². The molecule has 434 valence electrons. The van der Waals surface area contributed by atoms with E-state index in [1.165, 1.54) is 33.4 Å². The number of benzene rings is 6. The second-order valence-corrected chi connectivity index (χ2v) is 42.0. The predicted octanol–water partition coefficient (Wildman–Crippen LogP) is 19.1. The van der Waals surface area contributed by atoms with Crippen molar-refractivity contribution in [1.29, 1.82) is 0 Å². The minimum atomic E-state index is -4.02. The van der Waals surface area contributed by atoms with Crippen LogP contribution in [0.2, 0.25) is 51.4 Å². The van der Waals surface area contributed by atoms with Gasteiger partial charge in [0.2, 0.25) is 0 Å². The molecule has 0 heterocycles. The van der Waals surface area contributed by atoms with Gasteiger partial charge in [0.15, 0.2) is 25.0 Å². The fourth-order valence-electron chi connectivity index (χ4n) is 11.3. The zero-order valence-corrected chi connectivity index (χ0v) is 54.9. The molecule has 0 amide bonds. The van der Waals surface area contributed by atoms with Crippen LogP contribution in [-0.2, 0) is 69.9 Å². The van der Waals surface area contributed by atoms with E-state index in [2.05, 4.69) is 264 Å². The third-order valence-corrected chi connectivity index (χ3v) is 36.3. The van der Waals surface area contributed by atoms with Gasteiger partial charge in [-0.3, -0.25) is 13.6 Å². The molecule has 3 unspecified atom stereocenters. The number of hydrogen-bond donors (Lipinski definition) is 0. The molecule has 6 aromatic carbocycles. The molecule has 0 bridgehead atoms. The van der Waals surface area contributed by atoms with Gasteiger partial charge in [0.05, 0.1) is 19.8 Å². The van der Waals surface area contributed by atoms with Crippen LogP contribution in [0.25, 0.3) is 0 Å². The fourth-order valence-corrected chi connectivity index (χ4v) is 23.7. The van der Waals surface area contributed by atoms with Crippen molar-refractivity contribution in [3.05, 3.63) is 215 Å². The molecule has 0 saturated heterocycles. The van der Waals surface area contributed by atoms with Crippen LogP contribution < -0.4 is 0 Å². The second-order valence-electron chi connectivity index (χ2n) is 25.9. The zero-order valence-electron chi connectivity index (χ0n) is 51.0. The lowest BCUT2D eigenvalue weighted by Gasteiger charge is -2.45. The lowest BCUT2D eigenvalue weighted by molar-refractivity contribution is 0.0969. The van der Waals surface area contributed by atoms with Crippen LogP contribution in [0.3, 0.4) is 0 Å². The lowest BCUT2D eigenvalue weighted by Crippen LogP contribution is -2.50. The summed E-state index contributed by atoms with van der Waals surface area (Å²) >= 11 is 0. The predicted molar refractivity (Wildman–Crippen MR) is 343 cm³/mol. The van der Waals surface area contributed by atoms with Crippen molar-refractivity contribution in [3.8, 4) is 0 Å². The molecule has 0 aliphatic heterocycles. The molecule has 0 fully saturated rings. The van der Waals surface area contributed by atoms with E-state index >= 15 is 0 Å². The van der Waals surface area contributed by atoms with Gasteiger partial charge in [-0.2, -0.15) is 0 Å². The maximum absolute atomic E-state index is 15.0. The van der Waals surface area contributed by atoms with Crippen molar-refractivity contribution in [3.63, 3.8) is 0 Å². The summed E-state index contributed by atoms with van der Waals surface area (Å²) < 4.78 is 55.5. The Morgan fingerprint density at radius 1 is 0.312 bits per heavy atom. The summed E-state index contributed by atoms with van der Waals surface area (Å²) in [5.74, 6) is 0. The second kappa shape index (κ2) is 30.5. The summed E-state index contributed by atoms with van der Waals surface area (Å²) in [6.07, 6.45) is 7.26. The highest BCUT2D eigenvalue weighted by molar-refractivity contribution is 7.48. The summed E-state index contributed by atoms with van der Waals surface area (Å²) in [7, 11) is -11.4. The molecule has 0 saturated carbocycles. The van der Waals surface area contributed by atoms with Crippen molar-refractivity contribution in [1.82, 2.24) is 0 Å². The molecule has 0 spiro atoms. The van der Waals surface area contributed by atoms with E-state index < -0.39 is 32.8 Å². The first-order valence-electron chi connectivity index (χ1n) is 29.7. The Bertz CT molecular complexity index is 2280. The van der Waals surface area contributed by atoms with Gasteiger partial charge < -0.3 is 13.3 Å². The average Bonchev–Trinajstić information content (AvgIpc) is 3.46. The van der Waals surface area contributed by atoms with E-state index in [1.807, 2.05) is 0 Å². The quantitative estimate of drug-likeness (QED) is 0.0231. The maximum atomic E-state index is 15.0. The molecular formula is C69H99O7PSi3. The molecule has 0 radical (unpaired) electrons. The Kier molecular flexibility index (Phi) is 24.8. The smallest absolute Gasteiger partial charge is 0.416 e. The van der Waals surface area contributed by atoms with Gasteiger partial charge in [-0.05, 0) is 143 Å². The first-order chi connectivity index (χ1) is 38.0. The summed E-state index contributed by atoms with van der Waals surface area (Å²) in [6.45, 7) is 30.2. The zero-order chi connectivity index (χ0) is 57.8. The molecule has 0 aliphatic rings. The third kappa shape index (κ3) is 19.3. The molecule has 0 aromatic heterocycles. The normalized spacial score (nSPS) is 15.6. The Balaban J connectivity index is 1.15. The Hall–Kier alpha value is -4.04. The number of hydrogen-bond acceptors (Lipinski definition) is 7. The van der Waals surface area contributed by atoms with Crippen LogP contribution in [-0.4, -0.2) is 64.6 Å². The number of phosphoric ester groups is 1. The van der Waals surface area contributed by atoms with Gasteiger partial charge in [-0.1, -0.05) is 244 Å². The standard InChI is InChI=1S/C69H99O7PSi3/c1-67(2,3)78(10,64(52-58-34-19-13-20-35-58)53-59-36-21-14-22-37-59)74-49-31-46-71-77(70,72-47-32-50-75-79(11,68(4,5)6)65(54-60-38-23-15-24-39-60)55-61-40-25-16-26-41-61)73-48-33-51-76-80(12,69(7,8)9)66(56-62-42-27-17-28-43-62)57-63-44-29-18-30-45-63/h13-30,34-45,64-66H,31-33,46-57H2,1-12H3. The molecule has 7 nitrogen and oxygen atoms in total. The van der Waals surface area contributed by atoms with Crippen molar-refractivity contribution in [2.45, 2.75) is 171 Å². The van der Waals surface area contributed by atoms with E-state index in [-0.39, 0.29) is 34.9 Å². The van der Waals surface area contributed by atoms with E-state index in [1.54, 1.807) is 0 Å². The summed E-state index contributed by atoms with van der Waals surface area (Å²) in [6, 6.07) is 64.9. The maximum Gasteiger partial charge on any atom is 0.474 e. The van der Waals surface area contributed by atoms with Crippen LogP contribution in [0.5, 0.6) is 0 Å². The summed E-state index contributed by atoms with van der Waals surface area (Å²) in [5.41, 5.74) is 8.90. The molecule has 80 heavy (non-hydrogen) atoms. The minimum absolute atomic E-state index is 0.0577. The highest BCUT2D eigenvalue weighted by Gasteiger charge is 2.51. The molecule has 0 aliphatic carbocycles. The Morgan fingerprint density at radius 3 is 0.650 bits per heavy atom. The first kappa shape index (κ1) is 65.1. The van der Waals surface area contributed by atoms with E-state index in [4.69, 9.17) is 26.8 Å². The van der Waals surface area contributed by atoms with Crippen LogP contribution >= 0.6 is 7.82 Å². The molecule has 0 N–H and O–H groups in total. The van der Waals surface area contributed by atoms with Crippen LogP contribution in [0.15, 0.2) is 182 Å². The SMILES string of the molecule is CC(C)(C)[Si](C)(OCCCOP(=O)(OCCCO[Si](C)(C(Cc1ccccc1)Cc1ccccc1)C(C)(C)C)OCCCO[Si](C)(C(Cc1ccccc1)Cc1ccccc1)C(C)(C)C)C(Cc1ccccc1)Cc1ccccc1. The van der Waals surface area contributed by atoms with Crippen LogP contribution in [0.4, 0.5) is 0 Å². The Labute approximate surface area is 488 Å². The van der Waals surface area contributed by atoms with Gasteiger partial charge in [0, 0.05) is 19.8 Å². The van der Waals surface area contributed by atoms with Gasteiger partial charge in [0.1, 0.15) is 0 Å². The van der Waals surface area contributed by atoms with Crippen molar-refractivity contribution in [2.24, 2.45) is 0 Å². The van der Waals surface area contributed by atoms with Crippen LogP contribution in [0, 0.1) is 0 Å². The number of rotatable bonds is 33. The fraction of sp³-hybridized carbons (Fsp3) is 0.478. The topological polar surface area (TPSA) is 72.5 Å². The average molecular weight is 1160 g/mol. The van der Waals surface area contributed by atoms with Crippen molar-refractivity contribution < 1.29 is 31.4 Å². The summed E-state index contributed by atoms with van der Waals surface area (Å²) in [4.78, 5) is 0. The van der Waals surface area contributed by atoms with Crippen molar-refractivity contribution >= 4 is 32.8 Å². The highest BCUT2D eigenvalue weighted by Crippen LogP contribution is 2.52. The molecular weight excluding hydrogens is 1060 g/mol.